The number of nitrogens with one attached hydrogen (secondary N) is 2. The lowest BCUT2D eigenvalue weighted by molar-refractivity contribution is 0.553. The Balaban J connectivity index is 0.00000162. The first-order chi connectivity index (χ1) is 7.99. The Kier molecular flexibility index (Phi) is 6.08. The smallest absolute Gasteiger partial charge is 0.250 e. The number of halogens is 2. The molecule has 1 aromatic heterocycles. The highest BCUT2D eigenvalue weighted by Gasteiger charge is 2.21. The molecule has 18 heavy (non-hydrogen) atoms. The van der Waals surface area contributed by atoms with E-state index in [1.807, 2.05) is 6.92 Å². The molecule has 104 valence electrons. The van der Waals surface area contributed by atoms with Crippen molar-refractivity contribution in [1.29, 1.82) is 0 Å². The van der Waals surface area contributed by atoms with Gasteiger partial charge in [-0.05, 0) is 53.9 Å². The van der Waals surface area contributed by atoms with E-state index in [0.29, 0.717) is 10.8 Å². The van der Waals surface area contributed by atoms with E-state index >= 15 is 0 Å². The fraction of sp³-hybridized carbons (Fsp3) is 0.600. The van der Waals surface area contributed by atoms with Crippen molar-refractivity contribution in [1.82, 2.24) is 10.0 Å². The molecule has 1 aromatic rings. The minimum absolute atomic E-state index is 0. The van der Waals surface area contributed by atoms with Crippen LogP contribution in [0.1, 0.15) is 18.4 Å². The monoisotopic (exact) mass is 374 g/mol. The van der Waals surface area contributed by atoms with E-state index in [1.54, 1.807) is 6.07 Å². The molecule has 0 spiro atoms. The number of aryl methyl sites for hydroxylation is 1. The molecule has 1 atom stereocenters. The van der Waals surface area contributed by atoms with Crippen molar-refractivity contribution >= 4 is 49.7 Å². The minimum Gasteiger partial charge on any atom is -0.313 e. The van der Waals surface area contributed by atoms with Crippen LogP contribution in [0.15, 0.2) is 14.1 Å². The van der Waals surface area contributed by atoms with Crippen molar-refractivity contribution in [3.63, 3.8) is 0 Å². The van der Waals surface area contributed by atoms with Crippen LogP contribution in [0.2, 0.25) is 0 Å². The Morgan fingerprint density at radius 3 is 2.83 bits per heavy atom. The lowest BCUT2D eigenvalue weighted by Crippen LogP contribution is -2.36. The third-order valence-corrected chi connectivity index (χ3v) is 6.82. The molecule has 2 rings (SSSR count). The maximum absolute atomic E-state index is 12.0. The van der Waals surface area contributed by atoms with Crippen molar-refractivity contribution in [3.8, 4) is 0 Å². The zero-order valence-electron chi connectivity index (χ0n) is 9.90. The standard InChI is InChI=1S/C10H15BrN2O2S2.ClH/c1-7-5-9(16-10(7)11)17(14,15)13-6-8-3-2-4-12-8;/h5,8,12-13H,2-4,6H2,1H3;1H. The molecular weight excluding hydrogens is 360 g/mol. The highest BCUT2D eigenvalue weighted by atomic mass is 79.9. The van der Waals surface area contributed by atoms with Gasteiger partial charge in [0.15, 0.2) is 0 Å². The van der Waals surface area contributed by atoms with Gasteiger partial charge in [0.1, 0.15) is 4.21 Å². The molecule has 1 unspecified atom stereocenters. The van der Waals surface area contributed by atoms with E-state index in [2.05, 4.69) is 26.0 Å². The van der Waals surface area contributed by atoms with Gasteiger partial charge in [0.05, 0.1) is 3.79 Å². The van der Waals surface area contributed by atoms with Crippen molar-refractivity contribution in [2.45, 2.75) is 30.0 Å². The summed E-state index contributed by atoms with van der Waals surface area (Å²) in [6, 6.07) is 1.97. The van der Waals surface area contributed by atoms with E-state index in [-0.39, 0.29) is 18.4 Å². The van der Waals surface area contributed by atoms with Crippen LogP contribution in [0.3, 0.4) is 0 Å². The molecule has 0 radical (unpaired) electrons. The minimum atomic E-state index is -3.35. The second-order valence-corrected chi connectivity index (χ2v) is 8.53. The summed E-state index contributed by atoms with van der Waals surface area (Å²) in [7, 11) is -3.35. The summed E-state index contributed by atoms with van der Waals surface area (Å²) in [5.74, 6) is 0. The van der Waals surface area contributed by atoms with E-state index in [0.717, 1.165) is 28.7 Å². The second kappa shape index (κ2) is 6.67. The lowest BCUT2D eigenvalue weighted by atomic mass is 10.2. The average molecular weight is 376 g/mol. The van der Waals surface area contributed by atoms with Crippen molar-refractivity contribution < 1.29 is 8.42 Å². The lowest BCUT2D eigenvalue weighted by Gasteiger charge is -2.10. The fourth-order valence-corrected chi connectivity index (χ4v) is 5.13. The van der Waals surface area contributed by atoms with Crippen LogP contribution in [0, 0.1) is 6.92 Å². The normalized spacial score (nSPS) is 19.8. The summed E-state index contributed by atoms with van der Waals surface area (Å²) >= 11 is 4.59. The average Bonchev–Trinajstić information content (AvgIpc) is 2.87. The topological polar surface area (TPSA) is 58.2 Å². The molecule has 2 N–H and O–H groups in total. The first-order valence-electron chi connectivity index (χ1n) is 5.48. The first-order valence-corrected chi connectivity index (χ1v) is 8.57. The quantitative estimate of drug-likeness (QED) is 0.849. The molecule has 1 aliphatic heterocycles. The molecule has 0 amide bonds. The number of sulfonamides is 1. The number of hydrogen-bond acceptors (Lipinski definition) is 4. The number of thiophene rings is 1. The third kappa shape index (κ3) is 3.91. The van der Waals surface area contributed by atoms with Gasteiger partial charge in [0.2, 0.25) is 10.0 Å². The predicted octanol–water partition coefficient (Wildman–Crippen LogP) is 2.27. The highest BCUT2D eigenvalue weighted by Crippen LogP contribution is 2.30. The third-order valence-electron chi connectivity index (χ3n) is 2.78. The Hall–Kier alpha value is 0.340. The van der Waals surface area contributed by atoms with E-state index in [4.69, 9.17) is 0 Å². The molecule has 0 aliphatic carbocycles. The van der Waals surface area contributed by atoms with Gasteiger partial charge in [-0.25, -0.2) is 13.1 Å². The van der Waals surface area contributed by atoms with Crippen LogP contribution in [0.4, 0.5) is 0 Å². The van der Waals surface area contributed by atoms with E-state index in [1.165, 1.54) is 11.3 Å². The van der Waals surface area contributed by atoms with E-state index in [9.17, 15) is 8.42 Å². The predicted molar refractivity (Wildman–Crippen MR) is 80.2 cm³/mol. The van der Waals surface area contributed by atoms with Crippen LogP contribution < -0.4 is 10.0 Å². The molecule has 1 fully saturated rings. The molecule has 1 aliphatic rings. The molecule has 8 heteroatoms. The van der Waals surface area contributed by atoms with Gasteiger partial charge >= 0.3 is 0 Å². The Morgan fingerprint density at radius 1 is 1.61 bits per heavy atom. The van der Waals surface area contributed by atoms with Crippen LogP contribution in [-0.4, -0.2) is 27.5 Å². The molecular formula is C10H16BrClN2O2S2. The van der Waals surface area contributed by atoms with Crippen molar-refractivity contribution in [2.75, 3.05) is 13.1 Å². The van der Waals surface area contributed by atoms with Crippen LogP contribution >= 0.6 is 39.7 Å². The van der Waals surface area contributed by atoms with Gasteiger partial charge in [0.25, 0.3) is 0 Å². The van der Waals surface area contributed by atoms with Crippen molar-refractivity contribution in [3.05, 3.63) is 15.4 Å². The Morgan fingerprint density at radius 2 is 2.33 bits per heavy atom. The second-order valence-electron chi connectivity index (χ2n) is 4.17. The molecule has 2 heterocycles. The molecule has 0 aromatic carbocycles. The van der Waals surface area contributed by atoms with Gasteiger partial charge in [-0.1, -0.05) is 0 Å². The maximum atomic E-state index is 12.0. The molecule has 4 nitrogen and oxygen atoms in total. The maximum Gasteiger partial charge on any atom is 0.250 e. The SMILES string of the molecule is Cc1cc(S(=O)(=O)NCC2CCCN2)sc1Br.Cl. The van der Waals surface area contributed by atoms with Gasteiger partial charge in [-0.15, -0.1) is 23.7 Å². The van der Waals surface area contributed by atoms with Crippen LogP contribution in [0.5, 0.6) is 0 Å². The summed E-state index contributed by atoms with van der Waals surface area (Å²) in [5, 5.41) is 3.26. The zero-order valence-corrected chi connectivity index (χ0v) is 13.9. The summed E-state index contributed by atoms with van der Waals surface area (Å²) in [6.45, 7) is 3.34. The van der Waals surface area contributed by atoms with Gasteiger partial charge in [-0.3, -0.25) is 0 Å². The summed E-state index contributed by atoms with van der Waals surface area (Å²) in [5.41, 5.74) is 0.953. The van der Waals surface area contributed by atoms with Crippen LogP contribution in [0.25, 0.3) is 0 Å². The zero-order chi connectivity index (χ0) is 12.5. The van der Waals surface area contributed by atoms with Crippen LogP contribution in [-0.2, 0) is 10.0 Å². The number of rotatable bonds is 4. The fourth-order valence-electron chi connectivity index (χ4n) is 1.78. The van der Waals surface area contributed by atoms with Gasteiger partial charge in [0, 0.05) is 12.6 Å². The molecule has 1 saturated heterocycles. The summed E-state index contributed by atoms with van der Waals surface area (Å²) in [6.07, 6.45) is 2.16. The van der Waals surface area contributed by atoms with Crippen molar-refractivity contribution in [2.24, 2.45) is 0 Å². The van der Waals surface area contributed by atoms with Gasteiger partial charge < -0.3 is 5.32 Å². The summed E-state index contributed by atoms with van der Waals surface area (Å²) < 4.78 is 27.9. The van der Waals surface area contributed by atoms with E-state index < -0.39 is 10.0 Å². The summed E-state index contributed by atoms with van der Waals surface area (Å²) in [4.78, 5) is 0. The van der Waals surface area contributed by atoms with Gasteiger partial charge in [-0.2, -0.15) is 0 Å². The largest absolute Gasteiger partial charge is 0.313 e. The Bertz CT molecular complexity index is 478. The number of hydrogen-bond donors (Lipinski definition) is 2. The molecule has 0 bridgehead atoms. The molecule has 0 saturated carbocycles. The Labute approximate surface area is 126 Å². The first kappa shape index (κ1) is 16.4. The highest BCUT2D eigenvalue weighted by molar-refractivity contribution is 9.11.